The average molecular weight is 387 g/mol. The lowest BCUT2D eigenvalue weighted by molar-refractivity contribution is -0.769. The predicted molar refractivity (Wildman–Crippen MR) is 96.6 cm³/mol. The Balaban J connectivity index is 0.000000159. The molecule has 4 saturated heterocycles. The van der Waals surface area contributed by atoms with Crippen LogP contribution in [0.3, 0.4) is 0 Å². The zero-order valence-corrected chi connectivity index (χ0v) is 16.9. The molecule has 0 spiro atoms. The Morgan fingerprint density at radius 2 is 1.30 bits per heavy atom. The third kappa shape index (κ3) is 4.39. The summed E-state index contributed by atoms with van der Waals surface area (Å²) in [5, 5.41) is 9.46. The van der Waals surface area contributed by atoms with Gasteiger partial charge in [0.1, 0.15) is 6.10 Å². The van der Waals surface area contributed by atoms with Crippen molar-refractivity contribution >= 4 is 0 Å². The van der Waals surface area contributed by atoms with Gasteiger partial charge in [0.2, 0.25) is 0 Å². The van der Waals surface area contributed by atoms with Crippen molar-refractivity contribution in [3.8, 4) is 0 Å². The Labute approximate surface area is 160 Å². The summed E-state index contributed by atoms with van der Waals surface area (Å²) in [7, 11) is 0. The van der Waals surface area contributed by atoms with Crippen LogP contribution in [0.25, 0.3) is 0 Å². The maximum absolute atomic E-state index is 10.2. The van der Waals surface area contributed by atoms with Crippen LogP contribution in [0.2, 0.25) is 0 Å². The number of hydrogen-bond acceptors (Lipinski definition) is 7. The molecule has 27 heavy (non-hydrogen) atoms. The quantitative estimate of drug-likeness (QED) is 0.540. The van der Waals surface area contributed by atoms with Gasteiger partial charge in [-0.2, -0.15) is 0 Å². The molecule has 0 N–H and O–H groups in total. The van der Waals surface area contributed by atoms with E-state index in [0.717, 1.165) is 13.2 Å². The molecule has 0 aromatic heterocycles. The maximum atomic E-state index is 10.2. The smallest absolute Gasteiger partial charge is 0.294 e. The van der Waals surface area contributed by atoms with E-state index < -0.39 is 11.2 Å². The molecule has 0 bridgehead atoms. The molecule has 4 aliphatic heterocycles. The number of rotatable bonds is 4. The Morgan fingerprint density at radius 1 is 0.815 bits per heavy atom. The molecular formula is C19H33NO7. The van der Waals surface area contributed by atoms with Crippen molar-refractivity contribution in [1.82, 2.24) is 0 Å². The minimum atomic E-state index is -0.775. The predicted octanol–water partition coefficient (Wildman–Crippen LogP) is 2.33. The molecule has 0 saturated carbocycles. The third-order valence-corrected chi connectivity index (χ3v) is 6.32. The third-order valence-electron chi connectivity index (χ3n) is 6.32. The number of nitrogens with zero attached hydrogens (tertiary/aromatic N) is 1. The summed E-state index contributed by atoms with van der Waals surface area (Å²) in [5.74, 6) is 2.67. The number of fused-ring (bicyclic) bond motifs is 2. The lowest BCUT2D eigenvalue weighted by Crippen LogP contribution is -2.33. The summed E-state index contributed by atoms with van der Waals surface area (Å²) in [4.78, 5) is 14.8. The normalized spacial score (nSPS) is 42.8. The van der Waals surface area contributed by atoms with Crippen LogP contribution in [-0.2, 0) is 23.8 Å². The van der Waals surface area contributed by atoms with E-state index in [1.807, 2.05) is 0 Å². The molecule has 156 valence electrons. The Morgan fingerprint density at radius 3 is 1.85 bits per heavy atom. The van der Waals surface area contributed by atoms with Gasteiger partial charge in [0.05, 0.1) is 44.7 Å². The minimum Gasteiger partial charge on any atom is -0.375 e. The topological polar surface area (TPSA) is 89.3 Å². The molecular weight excluding hydrogens is 354 g/mol. The van der Waals surface area contributed by atoms with Crippen molar-refractivity contribution < 1.29 is 28.9 Å². The van der Waals surface area contributed by atoms with Gasteiger partial charge in [0.25, 0.3) is 5.09 Å². The van der Waals surface area contributed by atoms with Gasteiger partial charge in [-0.05, 0) is 11.8 Å². The summed E-state index contributed by atoms with van der Waals surface area (Å²) >= 11 is 0. The van der Waals surface area contributed by atoms with Gasteiger partial charge in [-0.3, -0.25) is 0 Å². The second-order valence-corrected chi connectivity index (χ2v) is 8.85. The van der Waals surface area contributed by atoms with Crippen molar-refractivity contribution in [2.75, 3.05) is 26.4 Å². The monoisotopic (exact) mass is 387 g/mol. The van der Waals surface area contributed by atoms with Gasteiger partial charge in [-0.25, -0.2) is 0 Å². The van der Waals surface area contributed by atoms with Gasteiger partial charge in [0.15, 0.2) is 6.10 Å². The minimum absolute atomic E-state index is 0.0463. The van der Waals surface area contributed by atoms with Crippen LogP contribution in [0, 0.1) is 39.7 Å². The Hall–Kier alpha value is -0.960. The summed E-state index contributed by atoms with van der Waals surface area (Å²) in [5.41, 5.74) is 0. The van der Waals surface area contributed by atoms with E-state index in [4.69, 9.17) is 18.9 Å². The highest BCUT2D eigenvalue weighted by atomic mass is 17.0. The molecule has 0 aromatic carbocycles. The van der Waals surface area contributed by atoms with Gasteiger partial charge in [-0.15, -0.1) is 10.1 Å². The molecule has 8 atom stereocenters. The van der Waals surface area contributed by atoms with E-state index in [0.29, 0.717) is 48.4 Å². The molecule has 0 aromatic rings. The summed E-state index contributed by atoms with van der Waals surface area (Å²) in [6.07, 6.45) is -0.108. The van der Waals surface area contributed by atoms with Crippen molar-refractivity contribution in [3.63, 3.8) is 0 Å². The summed E-state index contributed by atoms with van der Waals surface area (Å²) < 4.78 is 22.5. The van der Waals surface area contributed by atoms with Crippen molar-refractivity contribution in [1.29, 1.82) is 0 Å². The molecule has 8 nitrogen and oxygen atoms in total. The number of ether oxygens (including phenoxy) is 4. The molecule has 8 heteroatoms. The van der Waals surface area contributed by atoms with Crippen LogP contribution in [0.1, 0.15) is 34.6 Å². The Kier molecular flexibility index (Phi) is 6.61. The van der Waals surface area contributed by atoms with Gasteiger partial charge in [-0.1, -0.05) is 34.6 Å². The molecule has 4 rings (SSSR count). The molecule has 4 fully saturated rings. The molecule has 0 radical (unpaired) electrons. The van der Waals surface area contributed by atoms with Crippen molar-refractivity contribution in [2.24, 2.45) is 29.6 Å². The highest BCUT2D eigenvalue weighted by molar-refractivity contribution is 4.95. The van der Waals surface area contributed by atoms with Crippen LogP contribution in [0.5, 0.6) is 0 Å². The molecule has 0 aliphatic carbocycles. The zero-order valence-electron chi connectivity index (χ0n) is 16.9. The molecule has 4 heterocycles. The van der Waals surface area contributed by atoms with E-state index >= 15 is 0 Å². The van der Waals surface area contributed by atoms with Crippen LogP contribution < -0.4 is 0 Å². The fourth-order valence-electron chi connectivity index (χ4n) is 4.56. The first-order chi connectivity index (χ1) is 12.8. The van der Waals surface area contributed by atoms with Crippen LogP contribution in [0.15, 0.2) is 0 Å². The maximum Gasteiger partial charge on any atom is 0.294 e. The first kappa shape index (κ1) is 20.8. The summed E-state index contributed by atoms with van der Waals surface area (Å²) in [6, 6.07) is 0. The van der Waals surface area contributed by atoms with E-state index in [9.17, 15) is 10.1 Å². The Bertz CT molecular complexity index is 514. The van der Waals surface area contributed by atoms with Crippen LogP contribution in [-0.4, -0.2) is 62.0 Å². The first-order valence-corrected chi connectivity index (χ1v) is 10.1. The van der Waals surface area contributed by atoms with Crippen molar-refractivity contribution in [3.05, 3.63) is 10.1 Å². The second kappa shape index (κ2) is 8.59. The van der Waals surface area contributed by atoms with Crippen LogP contribution >= 0.6 is 0 Å². The second-order valence-electron chi connectivity index (χ2n) is 8.85. The fourth-order valence-corrected chi connectivity index (χ4v) is 4.56. The first-order valence-electron chi connectivity index (χ1n) is 10.1. The lowest BCUT2D eigenvalue weighted by atomic mass is 9.89. The van der Waals surface area contributed by atoms with E-state index in [1.165, 1.54) is 0 Å². The standard InChI is InChI=1S/C10H18O2.C9H15NO5/c1-6(2)8-5-12-9-7(3)4-11-10(8)9;1-5(2)6-3-13-9-7(15-10(11)12)4-14-8(6)9/h6-10H,4-5H2,1-3H3;5-9H,3-4H2,1-2H3/t7-,8+,9+,10+;6-,7+,8+,9+/m00/s1. The highest BCUT2D eigenvalue weighted by Crippen LogP contribution is 2.38. The van der Waals surface area contributed by atoms with Gasteiger partial charge < -0.3 is 23.8 Å². The van der Waals surface area contributed by atoms with E-state index in [2.05, 4.69) is 39.5 Å². The van der Waals surface area contributed by atoms with Crippen LogP contribution in [0.4, 0.5) is 0 Å². The highest BCUT2D eigenvalue weighted by Gasteiger charge is 2.50. The average Bonchev–Trinajstić information content (AvgIpc) is 3.31. The molecule has 4 aliphatic rings. The molecule has 0 unspecified atom stereocenters. The SMILES string of the molecule is CC(C)[C@@H]1CO[C@H]2[C@@H]1OC[C@H]2O[N+](=O)[O-].CC(C)[C@H]1CO[C@H]2[C@@H]1OC[C@@H]2C. The zero-order chi connectivity index (χ0) is 19.7. The fraction of sp³-hybridized carbons (Fsp3) is 1.00. The largest absolute Gasteiger partial charge is 0.375 e. The molecule has 0 amide bonds. The van der Waals surface area contributed by atoms with E-state index in [1.54, 1.807) is 0 Å². The van der Waals surface area contributed by atoms with Crippen molar-refractivity contribution in [2.45, 2.75) is 65.1 Å². The summed E-state index contributed by atoms with van der Waals surface area (Å²) in [6.45, 7) is 13.6. The van der Waals surface area contributed by atoms with Gasteiger partial charge >= 0.3 is 0 Å². The van der Waals surface area contributed by atoms with E-state index in [-0.39, 0.29) is 18.8 Å². The van der Waals surface area contributed by atoms with Gasteiger partial charge in [0, 0.05) is 17.8 Å². The number of hydrogen-bond donors (Lipinski definition) is 0. The lowest BCUT2D eigenvalue weighted by Gasteiger charge is -2.19.